The Morgan fingerprint density at radius 3 is 3.18 bits per heavy atom. The summed E-state index contributed by atoms with van der Waals surface area (Å²) in [5.41, 5.74) is 5.38. The van der Waals surface area contributed by atoms with Crippen LogP contribution in [0.15, 0.2) is 12.3 Å². The minimum atomic E-state index is -0.141. The molecule has 0 saturated carbocycles. The number of nitrogens with two attached hydrogens (primary N) is 1. The fraction of sp³-hybridized carbons (Fsp3) is 0.500. The average Bonchev–Trinajstić information content (AvgIpc) is 2.55. The number of H-pyrrole nitrogens is 1. The molecule has 1 fully saturated rings. The molecule has 1 aliphatic rings. The highest BCUT2D eigenvalue weighted by Gasteiger charge is 2.35. The molecule has 3 N–H and O–H groups in total. The van der Waals surface area contributed by atoms with E-state index in [0.717, 1.165) is 0 Å². The SMILES string of the molecule is NC1OC1COc1ccn[nH]1. The summed E-state index contributed by atoms with van der Waals surface area (Å²) in [6.07, 6.45) is 1.54. The summed E-state index contributed by atoms with van der Waals surface area (Å²) in [5, 5.41) is 6.38. The Kier molecular flexibility index (Phi) is 1.52. The van der Waals surface area contributed by atoms with E-state index in [1.165, 1.54) is 0 Å². The van der Waals surface area contributed by atoms with Gasteiger partial charge < -0.3 is 15.2 Å². The Morgan fingerprint density at radius 1 is 1.82 bits per heavy atom. The van der Waals surface area contributed by atoms with Crippen LogP contribution in [0.3, 0.4) is 0 Å². The van der Waals surface area contributed by atoms with Crippen LogP contribution >= 0.6 is 0 Å². The maximum atomic E-state index is 5.38. The maximum absolute atomic E-state index is 5.38. The third-order valence-electron chi connectivity index (χ3n) is 1.50. The van der Waals surface area contributed by atoms with Gasteiger partial charge in [0.05, 0.1) is 6.20 Å². The zero-order chi connectivity index (χ0) is 7.68. The van der Waals surface area contributed by atoms with Gasteiger partial charge in [-0.05, 0) is 0 Å². The number of ether oxygens (including phenoxy) is 2. The van der Waals surface area contributed by atoms with E-state index in [0.29, 0.717) is 12.5 Å². The predicted molar refractivity (Wildman–Crippen MR) is 36.9 cm³/mol. The fourth-order valence-electron chi connectivity index (χ4n) is 0.786. The van der Waals surface area contributed by atoms with Crippen molar-refractivity contribution in [3.8, 4) is 5.88 Å². The highest BCUT2D eigenvalue weighted by molar-refractivity contribution is 5.04. The standard InChI is InChI=1S/C6H9N3O2/c7-6-4(11-6)3-10-5-1-2-8-9-5/h1-2,4,6H,3,7H2,(H,8,9). The first-order chi connectivity index (χ1) is 5.36. The van der Waals surface area contributed by atoms with E-state index >= 15 is 0 Å². The Hall–Kier alpha value is -1.07. The third-order valence-corrected chi connectivity index (χ3v) is 1.50. The number of nitrogens with one attached hydrogen (secondary N) is 1. The van der Waals surface area contributed by atoms with Crippen molar-refractivity contribution in [1.29, 1.82) is 0 Å². The highest BCUT2D eigenvalue weighted by atomic mass is 16.6. The molecule has 2 unspecified atom stereocenters. The fourth-order valence-corrected chi connectivity index (χ4v) is 0.786. The summed E-state index contributed by atoms with van der Waals surface area (Å²) < 4.78 is 10.2. The molecule has 1 aromatic heterocycles. The van der Waals surface area contributed by atoms with Crippen molar-refractivity contribution in [1.82, 2.24) is 10.2 Å². The lowest BCUT2D eigenvalue weighted by atomic mass is 10.5. The van der Waals surface area contributed by atoms with Crippen LogP contribution in [0.1, 0.15) is 0 Å². The molecule has 2 heterocycles. The molecule has 0 amide bonds. The van der Waals surface area contributed by atoms with Crippen LogP contribution in [0.2, 0.25) is 0 Å². The summed E-state index contributed by atoms with van der Waals surface area (Å²) in [6, 6.07) is 1.74. The van der Waals surface area contributed by atoms with Gasteiger partial charge in [-0.15, -0.1) is 0 Å². The number of hydrogen-bond donors (Lipinski definition) is 2. The van der Waals surface area contributed by atoms with Gasteiger partial charge in [0.2, 0.25) is 5.88 Å². The average molecular weight is 155 g/mol. The monoisotopic (exact) mass is 155 g/mol. The second-order valence-corrected chi connectivity index (χ2v) is 2.37. The van der Waals surface area contributed by atoms with Crippen LogP contribution in [0.25, 0.3) is 0 Å². The van der Waals surface area contributed by atoms with Crippen LogP contribution in [-0.2, 0) is 4.74 Å². The number of aromatic nitrogens is 2. The lowest BCUT2D eigenvalue weighted by Crippen LogP contribution is -2.12. The number of epoxide rings is 1. The highest BCUT2D eigenvalue weighted by Crippen LogP contribution is 2.16. The quantitative estimate of drug-likeness (QED) is 0.575. The van der Waals surface area contributed by atoms with Crippen molar-refractivity contribution in [3.63, 3.8) is 0 Å². The summed E-state index contributed by atoms with van der Waals surface area (Å²) in [6.45, 7) is 0.489. The van der Waals surface area contributed by atoms with Crippen LogP contribution in [0, 0.1) is 0 Å². The molecular weight excluding hydrogens is 146 g/mol. The first-order valence-corrected chi connectivity index (χ1v) is 3.39. The van der Waals surface area contributed by atoms with E-state index in [1.807, 2.05) is 0 Å². The molecule has 11 heavy (non-hydrogen) atoms. The van der Waals surface area contributed by atoms with E-state index in [9.17, 15) is 0 Å². The Labute approximate surface area is 63.5 Å². The molecular formula is C6H9N3O2. The predicted octanol–water partition coefficient (Wildman–Crippen LogP) is -0.528. The molecule has 1 aliphatic heterocycles. The first kappa shape index (κ1) is 6.63. The first-order valence-electron chi connectivity index (χ1n) is 3.39. The van der Waals surface area contributed by atoms with Gasteiger partial charge in [0.25, 0.3) is 0 Å². The lowest BCUT2D eigenvalue weighted by molar-refractivity contribution is 0.253. The summed E-state index contributed by atoms with van der Waals surface area (Å²) in [5.74, 6) is 0.646. The molecule has 2 rings (SSSR count). The lowest BCUT2D eigenvalue weighted by Gasteiger charge is -1.97. The van der Waals surface area contributed by atoms with Gasteiger partial charge in [-0.3, -0.25) is 0 Å². The van der Waals surface area contributed by atoms with Crippen LogP contribution < -0.4 is 10.5 Å². The minimum absolute atomic E-state index is 0.0540. The maximum Gasteiger partial charge on any atom is 0.209 e. The molecule has 0 aliphatic carbocycles. The summed E-state index contributed by atoms with van der Waals surface area (Å²) in [4.78, 5) is 0. The van der Waals surface area contributed by atoms with E-state index in [2.05, 4.69) is 10.2 Å². The summed E-state index contributed by atoms with van der Waals surface area (Å²) >= 11 is 0. The summed E-state index contributed by atoms with van der Waals surface area (Å²) in [7, 11) is 0. The molecule has 1 saturated heterocycles. The van der Waals surface area contributed by atoms with Crippen LogP contribution in [0.4, 0.5) is 0 Å². The minimum Gasteiger partial charge on any atom is -0.475 e. The van der Waals surface area contributed by atoms with Crippen LogP contribution in [0.5, 0.6) is 5.88 Å². The molecule has 60 valence electrons. The molecule has 5 heteroatoms. The zero-order valence-corrected chi connectivity index (χ0v) is 5.86. The van der Waals surface area contributed by atoms with Gasteiger partial charge in [0, 0.05) is 6.07 Å². The molecule has 0 aromatic carbocycles. The molecule has 5 nitrogen and oxygen atoms in total. The van der Waals surface area contributed by atoms with Gasteiger partial charge in [-0.25, -0.2) is 5.10 Å². The third kappa shape index (κ3) is 1.50. The largest absolute Gasteiger partial charge is 0.475 e. The van der Waals surface area contributed by atoms with Gasteiger partial charge in [-0.2, -0.15) is 5.10 Å². The van der Waals surface area contributed by atoms with Crippen molar-refractivity contribution in [2.75, 3.05) is 6.61 Å². The van der Waals surface area contributed by atoms with Crippen molar-refractivity contribution in [2.45, 2.75) is 12.3 Å². The molecule has 0 spiro atoms. The number of rotatable bonds is 3. The Bertz CT molecular complexity index is 224. The van der Waals surface area contributed by atoms with Gasteiger partial charge in [0.1, 0.15) is 18.9 Å². The van der Waals surface area contributed by atoms with E-state index in [4.69, 9.17) is 15.2 Å². The van der Waals surface area contributed by atoms with Crippen LogP contribution in [-0.4, -0.2) is 29.1 Å². The van der Waals surface area contributed by atoms with Crippen molar-refractivity contribution in [3.05, 3.63) is 12.3 Å². The van der Waals surface area contributed by atoms with Gasteiger partial charge in [-0.1, -0.05) is 0 Å². The van der Waals surface area contributed by atoms with Crippen molar-refractivity contribution < 1.29 is 9.47 Å². The van der Waals surface area contributed by atoms with E-state index in [-0.39, 0.29) is 12.3 Å². The number of nitrogens with zero attached hydrogens (tertiary/aromatic N) is 1. The molecule has 0 bridgehead atoms. The zero-order valence-electron chi connectivity index (χ0n) is 5.86. The van der Waals surface area contributed by atoms with Gasteiger partial charge >= 0.3 is 0 Å². The van der Waals surface area contributed by atoms with Crippen molar-refractivity contribution >= 4 is 0 Å². The Balaban J connectivity index is 1.75. The molecule has 0 radical (unpaired) electrons. The molecule has 2 atom stereocenters. The second kappa shape index (κ2) is 2.52. The number of aromatic amines is 1. The smallest absolute Gasteiger partial charge is 0.209 e. The van der Waals surface area contributed by atoms with E-state index in [1.54, 1.807) is 12.3 Å². The van der Waals surface area contributed by atoms with E-state index < -0.39 is 0 Å². The Morgan fingerprint density at radius 2 is 2.64 bits per heavy atom. The normalized spacial score (nSPS) is 28.5. The number of hydrogen-bond acceptors (Lipinski definition) is 4. The topological polar surface area (TPSA) is 76.5 Å². The molecule has 1 aromatic rings. The second-order valence-electron chi connectivity index (χ2n) is 2.37. The van der Waals surface area contributed by atoms with Crippen molar-refractivity contribution in [2.24, 2.45) is 5.73 Å². The van der Waals surface area contributed by atoms with Gasteiger partial charge in [0.15, 0.2) is 0 Å².